The van der Waals surface area contributed by atoms with Crippen LogP contribution in [0.15, 0.2) is 35.0 Å². The van der Waals surface area contributed by atoms with Gasteiger partial charge in [0.05, 0.1) is 7.11 Å². The van der Waals surface area contributed by atoms with E-state index < -0.39 is 0 Å². The van der Waals surface area contributed by atoms with Crippen LogP contribution in [-0.2, 0) is 13.0 Å². The van der Waals surface area contributed by atoms with E-state index in [0.717, 1.165) is 11.5 Å². The zero-order valence-electron chi connectivity index (χ0n) is 14.9. The Balaban J connectivity index is 1.51. The SMILES string of the molecule is COc1cc(Cl)ccc1OCc1cc(C(=O)NCCc2ncc(C)[nH]2)no1. The smallest absolute Gasteiger partial charge is 0.273 e. The van der Waals surface area contributed by atoms with Crippen LogP contribution in [0.5, 0.6) is 11.5 Å². The normalized spacial score (nSPS) is 10.6. The summed E-state index contributed by atoms with van der Waals surface area (Å²) >= 11 is 5.92. The van der Waals surface area contributed by atoms with Crippen molar-refractivity contribution in [1.82, 2.24) is 20.4 Å². The highest BCUT2D eigenvalue weighted by Crippen LogP contribution is 2.30. The summed E-state index contributed by atoms with van der Waals surface area (Å²) in [5, 5.41) is 7.09. The van der Waals surface area contributed by atoms with Crippen molar-refractivity contribution >= 4 is 17.5 Å². The molecule has 0 saturated carbocycles. The van der Waals surface area contributed by atoms with Gasteiger partial charge in [-0.3, -0.25) is 4.79 Å². The molecule has 9 heteroatoms. The van der Waals surface area contributed by atoms with Crippen LogP contribution in [0.3, 0.4) is 0 Å². The standard InChI is InChI=1S/C18H19ClN4O4/c1-11-9-21-17(22-11)5-6-20-18(24)14-8-13(27-23-14)10-26-15-4-3-12(19)7-16(15)25-2/h3-4,7-9H,5-6,10H2,1-2H3,(H,20,24)(H,21,22). The molecule has 8 nitrogen and oxygen atoms in total. The number of aromatic amines is 1. The molecule has 1 aromatic carbocycles. The Hall–Kier alpha value is -3.00. The molecule has 2 aromatic heterocycles. The minimum absolute atomic E-state index is 0.101. The first-order valence-electron chi connectivity index (χ1n) is 8.26. The van der Waals surface area contributed by atoms with Crippen molar-refractivity contribution in [3.63, 3.8) is 0 Å². The maximum absolute atomic E-state index is 12.1. The second kappa shape index (κ2) is 8.59. The molecule has 0 spiro atoms. The van der Waals surface area contributed by atoms with Gasteiger partial charge in [0.15, 0.2) is 23.0 Å². The van der Waals surface area contributed by atoms with E-state index in [1.54, 1.807) is 24.4 Å². The van der Waals surface area contributed by atoms with Crippen LogP contribution in [0.1, 0.15) is 27.8 Å². The molecule has 0 unspecified atom stereocenters. The van der Waals surface area contributed by atoms with Crippen molar-refractivity contribution in [3.05, 3.63) is 58.5 Å². The average Bonchev–Trinajstić information content (AvgIpc) is 3.29. The van der Waals surface area contributed by atoms with E-state index in [0.29, 0.717) is 35.2 Å². The Labute approximate surface area is 160 Å². The van der Waals surface area contributed by atoms with E-state index >= 15 is 0 Å². The number of methoxy groups -OCH3 is 1. The van der Waals surface area contributed by atoms with Crippen LogP contribution in [0.25, 0.3) is 0 Å². The van der Waals surface area contributed by atoms with Gasteiger partial charge in [0.1, 0.15) is 12.4 Å². The van der Waals surface area contributed by atoms with Crippen LogP contribution < -0.4 is 14.8 Å². The van der Waals surface area contributed by atoms with Crippen LogP contribution in [0.2, 0.25) is 5.02 Å². The van der Waals surface area contributed by atoms with Gasteiger partial charge in [0, 0.05) is 42.0 Å². The Bertz CT molecular complexity index is 922. The summed E-state index contributed by atoms with van der Waals surface area (Å²) in [5.41, 5.74) is 1.17. The van der Waals surface area contributed by atoms with E-state index in [9.17, 15) is 4.79 Å². The van der Waals surface area contributed by atoms with Gasteiger partial charge < -0.3 is 24.3 Å². The van der Waals surface area contributed by atoms with Gasteiger partial charge in [-0.1, -0.05) is 16.8 Å². The number of hydrogen-bond acceptors (Lipinski definition) is 6. The molecule has 142 valence electrons. The van der Waals surface area contributed by atoms with E-state index in [1.165, 1.54) is 13.2 Å². The first-order chi connectivity index (χ1) is 13.0. The largest absolute Gasteiger partial charge is 0.493 e. The van der Waals surface area contributed by atoms with Gasteiger partial charge in [-0.2, -0.15) is 0 Å². The lowest BCUT2D eigenvalue weighted by Crippen LogP contribution is -2.26. The molecule has 27 heavy (non-hydrogen) atoms. The summed E-state index contributed by atoms with van der Waals surface area (Å²) < 4.78 is 16.0. The summed E-state index contributed by atoms with van der Waals surface area (Å²) in [5.74, 6) is 1.93. The second-order valence-electron chi connectivity index (χ2n) is 5.78. The lowest BCUT2D eigenvalue weighted by Gasteiger charge is -2.09. The van der Waals surface area contributed by atoms with Gasteiger partial charge in [-0.25, -0.2) is 4.98 Å². The number of carbonyl (C=O) groups is 1. The summed E-state index contributed by atoms with van der Waals surface area (Å²) in [4.78, 5) is 19.4. The fourth-order valence-corrected chi connectivity index (χ4v) is 2.54. The highest BCUT2D eigenvalue weighted by molar-refractivity contribution is 6.30. The number of rotatable bonds is 8. The molecular weight excluding hydrogens is 372 g/mol. The number of nitrogens with zero attached hydrogens (tertiary/aromatic N) is 2. The molecule has 0 radical (unpaired) electrons. The first kappa shape index (κ1) is 18.8. The fraction of sp³-hybridized carbons (Fsp3) is 0.278. The number of carbonyl (C=O) groups excluding carboxylic acids is 1. The Kier molecular flexibility index (Phi) is 5.97. The molecule has 2 heterocycles. The molecule has 1 amide bonds. The maximum Gasteiger partial charge on any atom is 0.273 e. The quantitative estimate of drug-likeness (QED) is 0.613. The van der Waals surface area contributed by atoms with Crippen LogP contribution in [0.4, 0.5) is 0 Å². The van der Waals surface area contributed by atoms with Crippen molar-refractivity contribution in [2.45, 2.75) is 20.0 Å². The van der Waals surface area contributed by atoms with Crippen molar-refractivity contribution in [1.29, 1.82) is 0 Å². The Morgan fingerprint density at radius 3 is 2.93 bits per heavy atom. The summed E-state index contributed by atoms with van der Waals surface area (Å²) in [6.07, 6.45) is 2.35. The monoisotopic (exact) mass is 390 g/mol. The third-order valence-corrected chi connectivity index (χ3v) is 3.93. The average molecular weight is 391 g/mol. The van der Waals surface area contributed by atoms with Crippen molar-refractivity contribution in [2.24, 2.45) is 0 Å². The van der Waals surface area contributed by atoms with E-state index in [1.807, 2.05) is 6.92 Å². The van der Waals surface area contributed by atoms with Crippen molar-refractivity contribution in [2.75, 3.05) is 13.7 Å². The van der Waals surface area contributed by atoms with Gasteiger partial charge in [-0.15, -0.1) is 0 Å². The van der Waals surface area contributed by atoms with Gasteiger partial charge in [0.25, 0.3) is 5.91 Å². The number of aromatic nitrogens is 3. The highest BCUT2D eigenvalue weighted by atomic mass is 35.5. The Morgan fingerprint density at radius 1 is 1.33 bits per heavy atom. The third kappa shape index (κ3) is 5.01. The van der Waals surface area contributed by atoms with Crippen LogP contribution in [-0.4, -0.2) is 34.7 Å². The molecule has 0 bridgehead atoms. The zero-order chi connectivity index (χ0) is 19.2. The number of ether oxygens (including phenoxy) is 2. The van der Waals surface area contributed by atoms with E-state index in [2.05, 4.69) is 20.4 Å². The minimum Gasteiger partial charge on any atom is -0.493 e. The Morgan fingerprint density at radius 2 is 2.19 bits per heavy atom. The number of aryl methyl sites for hydroxylation is 1. The number of halogens is 1. The first-order valence-corrected chi connectivity index (χ1v) is 8.63. The number of benzene rings is 1. The molecule has 3 aromatic rings. The van der Waals surface area contributed by atoms with E-state index in [-0.39, 0.29) is 18.2 Å². The molecule has 0 saturated heterocycles. The number of nitrogens with one attached hydrogen (secondary N) is 2. The fourth-order valence-electron chi connectivity index (χ4n) is 2.38. The van der Waals surface area contributed by atoms with Crippen LogP contribution >= 0.6 is 11.6 Å². The number of amides is 1. The predicted octanol–water partition coefficient (Wildman–Crippen LogP) is 2.92. The molecule has 0 aliphatic heterocycles. The topological polar surface area (TPSA) is 102 Å². The molecular formula is C18H19ClN4O4. The lowest BCUT2D eigenvalue weighted by atomic mass is 10.3. The zero-order valence-corrected chi connectivity index (χ0v) is 15.7. The molecule has 2 N–H and O–H groups in total. The van der Waals surface area contributed by atoms with Crippen LogP contribution in [0, 0.1) is 6.92 Å². The van der Waals surface area contributed by atoms with Gasteiger partial charge in [0.2, 0.25) is 0 Å². The number of imidazole rings is 1. The second-order valence-corrected chi connectivity index (χ2v) is 6.22. The number of hydrogen-bond donors (Lipinski definition) is 2. The molecule has 0 aliphatic carbocycles. The highest BCUT2D eigenvalue weighted by Gasteiger charge is 2.14. The minimum atomic E-state index is -0.322. The van der Waals surface area contributed by atoms with E-state index in [4.69, 9.17) is 25.6 Å². The third-order valence-electron chi connectivity index (χ3n) is 3.69. The summed E-state index contributed by atoms with van der Waals surface area (Å²) in [6.45, 7) is 2.46. The van der Waals surface area contributed by atoms with Crippen molar-refractivity contribution < 1.29 is 18.8 Å². The maximum atomic E-state index is 12.1. The predicted molar refractivity (Wildman–Crippen MR) is 98.2 cm³/mol. The summed E-state index contributed by atoms with van der Waals surface area (Å²) in [6, 6.07) is 6.58. The molecule has 3 rings (SSSR count). The molecule has 0 aliphatic rings. The molecule has 0 fully saturated rings. The van der Waals surface area contributed by atoms with Crippen molar-refractivity contribution in [3.8, 4) is 11.5 Å². The van der Waals surface area contributed by atoms with Gasteiger partial charge in [-0.05, 0) is 19.1 Å². The number of H-pyrrole nitrogens is 1. The van der Waals surface area contributed by atoms with Gasteiger partial charge >= 0.3 is 0 Å². The lowest BCUT2D eigenvalue weighted by molar-refractivity contribution is 0.0944. The summed E-state index contributed by atoms with van der Waals surface area (Å²) in [7, 11) is 1.53. The molecule has 0 atom stereocenters.